The van der Waals surface area contributed by atoms with Gasteiger partial charge < -0.3 is 9.47 Å². The minimum Gasteiger partial charge on any atom is -0.490 e. The minimum atomic E-state index is 0.197. The Kier molecular flexibility index (Phi) is 7.20. The molecule has 0 saturated carbocycles. The summed E-state index contributed by atoms with van der Waals surface area (Å²) in [5.41, 5.74) is 5.75. The maximum Gasteiger partial charge on any atom is 0.122 e. The number of aryl methyl sites for hydroxylation is 2. The maximum atomic E-state index is 5.91. The molecular formula is C26H38O2. The van der Waals surface area contributed by atoms with Crippen LogP contribution in [0, 0.1) is 13.8 Å². The van der Waals surface area contributed by atoms with E-state index in [4.69, 9.17) is 9.47 Å². The average molecular weight is 383 g/mol. The van der Waals surface area contributed by atoms with Gasteiger partial charge in [-0.3, -0.25) is 0 Å². The SMILES string of the molecule is CCC(C)(C)c1ccc(OCCOc2ccc(C(C)(C)CC)c(C)c2)cc1C. The van der Waals surface area contributed by atoms with Gasteiger partial charge in [0.25, 0.3) is 0 Å². The lowest BCUT2D eigenvalue weighted by molar-refractivity contribution is 0.217. The predicted octanol–water partition coefficient (Wildman–Crippen LogP) is 7.14. The average Bonchev–Trinajstić information content (AvgIpc) is 2.65. The van der Waals surface area contributed by atoms with E-state index in [0.717, 1.165) is 24.3 Å². The first-order valence-corrected chi connectivity index (χ1v) is 10.6. The molecule has 2 heteroatoms. The van der Waals surface area contributed by atoms with Crippen molar-refractivity contribution >= 4 is 0 Å². The van der Waals surface area contributed by atoms with Crippen LogP contribution in [0.3, 0.4) is 0 Å². The molecule has 0 aromatic heterocycles. The van der Waals surface area contributed by atoms with Gasteiger partial charge in [-0.2, -0.15) is 0 Å². The lowest BCUT2D eigenvalue weighted by Crippen LogP contribution is -2.17. The topological polar surface area (TPSA) is 18.5 Å². The third-order valence-corrected chi connectivity index (χ3v) is 6.24. The van der Waals surface area contributed by atoms with Crippen LogP contribution in [0.5, 0.6) is 11.5 Å². The zero-order chi connectivity index (χ0) is 20.9. The molecule has 0 N–H and O–H groups in total. The quantitative estimate of drug-likeness (QED) is 0.429. The Morgan fingerprint density at radius 3 is 1.29 bits per heavy atom. The first kappa shape index (κ1) is 22.3. The van der Waals surface area contributed by atoms with E-state index in [9.17, 15) is 0 Å². The molecule has 0 atom stereocenters. The van der Waals surface area contributed by atoms with Crippen molar-refractivity contribution in [3.05, 3.63) is 58.7 Å². The maximum absolute atomic E-state index is 5.91. The van der Waals surface area contributed by atoms with Crippen LogP contribution in [-0.2, 0) is 10.8 Å². The number of hydrogen-bond donors (Lipinski definition) is 0. The van der Waals surface area contributed by atoms with Crippen molar-refractivity contribution < 1.29 is 9.47 Å². The van der Waals surface area contributed by atoms with Crippen LogP contribution < -0.4 is 9.47 Å². The van der Waals surface area contributed by atoms with E-state index >= 15 is 0 Å². The van der Waals surface area contributed by atoms with E-state index in [1.807, 2.05) is 0 Å². The van der Waals surface area contributed by atoms with E-state index < -0.39 is 0 Å². The number of rotatable bonds is 9. The van der Waals surface area contributed by atoms with Crippen LogP contribution in [0.1, 0.15) is 76.6 Å². The van der Waals surface area contributed by atoms with Crippen LogP contribution in [0.2, 0.25) is 0 Å². The third kappa shape index (κ3) is 5.31. The Labute approximate surface area is 172 Å². The number of ether oxygens (including phenoxy) is 2. The lowest BCUT2D eigenvalue weighted by atomic mass is 9.80. The Balaban J connectivity index is 1.91. The zero-order valence-electron chi connectivity index (χ0n) is 19.1. The molecule has 0 aliphatic carbocycles. The molecule has 0 fully saturated rings. The normalized spacial score (nSPS) is 12.1. The standard InChI is InChI=1S/C26H38O2/c1-9-25(5,6)23-13-11-21(17-19(23)3)27-15-16-28-22-12-14-24(20(4)18-22)26(7,8)10-2/h11-14,17-18H,9-10,15-16H2,1-8H3. The molecule has 0 spiro atoms. The third-order valence-electron chi connectivity index (χ3n) is 6.24. The summed E-state index contributed by atoms with van der Waals surface area (Å²) in [6.45, 7) is 19.0. The van der Waals surface area contributed by atoms with Gasteiger partial charge >= 0.3 is 0 Å². The fraction of sp³-hybridized carbons (Fsp3) is 0.538. The minimum absolute atomic E-state index is 0.197. The summed E-state index contributed by atoms with van der Waals surface area (Å²) in [7, 11) is 0. The van der Waals surface area contributed by atoms with E-state index in [1.165, 1.54) is 22.3 Å². The molecule has 0 aliphatic rings. The van der Waals surface area contributed by atoms with E-state index in [2.05, 4.69) is 91.8 Å². The van der Waals surface area contributed by atoms with Gasteiger partial charge in [0.05, 0.1) is 0 Å². The van der Waals surface area contributed by atoms with Gasteiger partial charge in [0.15, 0.2) is 0 Å². The van der Waals surface area contributed by atoms with Crippen LogP contribution in [-0.4, -0.2) is 13.2 Å². The molecule has 2 aromatic rings. The summed E-state index contributed by atoms with van der Waals surface area (Å²) in [6, 6.07) is 12.8. The fourth-order valence-electron chi connectivity index (χ4n) is 3.67. The highest BCUT2D eigenvalue weighted by Crippen LogP contribution is 2.32. The van der Waals surface area contributed by atoms with Crippen LogP contribution in [0.15, 0.2) is 36.4 Å². The second-order valence-electron chi connectivity index (χ2n) is 9.13. The first-order chi connectivity index (χ1) is 13.1. The van der Waals surface area contributed by atoms with Crippen molar-refractivity contribution in [2.45, 2.75) is 79.1 Å². The van der Waals surface area contributed by atoms with Crippen molar-refractivity contribution in [2.24, 2.45) is 0 Å². The molecule has 2 nitrogen and oxygen atoms in total. The Bertz CT molecular complexity index is 720. The van der Waals surface area contributed by atoms with Crippen LogP contribution in [0.25, 0.3) is 0 Å². The molecule has 0 unspecified atom stereocenters. The Morgan fingerprint density at radius 2 is 1.00 bits per heavy atom. The summed E-state index contributed by atoms with van der Waals surface area (Å²) in [5.74, 6) is 1.82. The van der Waals surface area contributed by atoms with Gasteiger partial charge in [-0.1, -0.05) is 53.7 Å². The molecule has 28 heavy (non-hydrogen) atoms. The molecule has 0 heterocycles. The van der Waals surface area contributed by atoms with Gasteiger partial charge in [-0.25, -0.2) is 0 Å². The molecule has 0 bridgehead atoms. The first-order valence-electron chi connectivity index (χ1n) is 10.6. The van der Waals surface area contributed by atoms with Gasteiger partial charge in [-0.05, 0) is 84.0 Å². The molecule has 2 rings (SSSR count). The van der Waals surface area contributed by atoms with Gasteiger partial charge in [0.1, 0.15) is 24.7 Å². The molecule has 0 aliphatic heterocycles. The number of hydrogen-bond acceptors (Lipinski definition) is 2. The molecule has 0 amide bonds. The van der Waals surface area contributed by atoms with Gasteiger partial charge in [-0.15, -0.1) is 0 Å². The lowest BCUT2D eigenvalue weighted by Gasteiger charge is -2.26. The second-order valence-corrected chi connectivity index (χ2v) is 9.13. The number of benzene rings is 2. The van der Waals surface area contributed by atoms with E-state index in [0.29, 0.717) is 13.2 Å². The smallest absolute Gasteiger partial charge is 0.122 e. The highest BCUT2D eigenvalue weighted by atomic mass is 16.5. The predicted molar refractivity (Wildman–Crippen MR) is 120 cm³/mol. The van der Waals surface area contributed by atoms with E-state index in [1.54, 1.807) is 0 Å². The fourth-order valence-corrected chi connectivity index (χ4v) is 3.67. The molecular weight excluding hydrogens is 344 g/mol. The molecule has 0 radical (unpaired) electrons. The van der Waals surface area contributed by atoms with Crippen molar-refractivity contribution in [1.29, 1.82) is 0 Å². The Morgan fingerprint density at radius 1 is 0.643 bits per heavy atom. The summed E-state index contributed by atoms with van der Waals surface area (Å²) in [5, 5.41) is 0. The monoisotopic (exact) mass is 382 g/mol. The zero-order valence-corrected chi connectivity index (χ0v) is 19.1. The summed E-state index contributed by atoms with van der Waals surface area (Å²) in [4.78, 5) is 0. The van der Waals surface area contributed by atoms with Gasteiger partial charge in [0.2, 0.25) is 0 Å². The summed E-state index contributed by atoms with van der Waals surface area (Å²) < 4.78 is 11.8. The van der Waals surface area contributed by atoms with Gasteiger partial charge in [0, 0.05) is 0 Å². The Hall–Kier alpha value is -1.96. The molecule has 2 aromatic carbocycles. The van der Waals surface area contributed by atoms with Crippen molar-refractivity contribution in [1.82, 2.24) is 0 Å². The van der Waals surface area contributed by atoms with Crippen molar-refractivity contribution in [2.75, 3.05) is 13.2 Å². The largest absolute Gasteiger partial charge is 0.490 e. The van der Waals surface area contributed by atoms with E-state index in [-0.39, 0.29) is 10.8 Å². The van der Waals surface area contributed by atoms with Crippen LogP contribution in [0.4, 0.5) is 0 Å². The highest BCUT2D eigenvalue weighted by molar-refractivity contribution is 5.40. The molecule has 0 saturated heterocycles. The van der Waals surface area contributed by atoms with Crippen LogP contribution >= 0.6 is 0 Å². The second kappa shape index (κ2) is 9.03. The summed E-state index contributed by atoms with van der Waals surface area (Å²) >= 11 is 0. The van der Waals surface area contributed by atoms with Crippen molar-refractivity contribution in [3.63, 3.8) is 0 Å². The highest BCUT2D eigenvalue weighted by Gasteiger charge is 2.21. The summed E-state index contributed by atoms with van der Waals surface area (Å²) in [6.07, 6.45) is 2.24. The van der Waals surface area contributed by atoms with Crippen molar-refractivity contribution in [3.8, 4) is 11.5 Å². The molecule has 154 valence electrons.